The number of benzene rings is 1. The van der Waals surface area contributed by atoms with Crippen molar-refractivity contribution in [3.63, 3.8) is 0 Å². The average molecular weight is 319 g/mol. The molecule has 1 aromatic rings. The Morgan fingerprint density at radius 3 is 2.35 bits per heavy atom. The van der Waals surface area contributed by atoms with E-state index in [1.165, 1.54) is 0 Å². The lowest BCUT2D eigenvalue weighted by molar-refractivity contribution is 0.0699. The summed E-state index contributed by atoms with van der Waals surface area (Å²) in [6.07, 6.45) is -0.614. The normalized spacial score (nSPS) is 21.4. The highest BCUT2D eigenvalue weighted by molar-refractivity contribution is 5.69. The fourth-order valence-electron chi connectivity index (χ4n) is 3.11. The first-order valence-electron chi connectivity index (χ1n) is 8.32. The second-order valence-electron chi connectivity index (χ2n) is 6.17. The monoisotopic (exact) mass is 319 g/mol. The second kappa shape index (κ2) is 7.77. The lowest BCUT2D eigenvalue weighted by Gasteiger charge is -2.36. The minimum atomic E-state index is -0.429. The fourth-order valence-corrected chi connectivity index (χ4v) is 3.11. The lowest BCUT2D eigenvalue weighted by atomic mass is 10.1. The van der Waals surface area contributed by atoms with E-state index in [2.05, 4.69) is 9.80 Å². The topological polar surface area (TPSA) is 56.2 Å². The predicted molar refractivity (Wildman–Crippen MR) is 87.2 cm³/mol. The van der Waals surface area contributed by atoms with Gasteiger partial charge in [-0.3, -0.25) is 9.80 Å². The molecule has 23 heavy (non-hydrogen) atoms. The van der Waals surface area contributed by atoms with Crippen LogP contribution in [0.15, 0.2) is 30.3 Å². The van der Waals surface area contributed by atoms with Crippen LogP contribution < -0.4 is 0 Å². The largest absolute Gasteiger partial charge is 0.448 e. The molecular weight excluding hydrogens is 294 g/mol. The Hall–Kier alpha value is -1.63. The van der Waals surface area contributed by atoms with Gasteiger partial charge in [0.25, 0.3) is 0 Å². The Morgan fingerprint density at radius 1 is 1.00 bits per heavy atom. The summed E-state index contributed by atoms with van der Waals surface area (Å²) in [7, 11) is 0. The van der Waals surface area contributed by atoms with Crippen molar-refractivity contribution < 1.29 is 14.6 Å². The van der Waals surface area contributed by atoms with Gasteiger partial charge >= 0.3 is 6.09 Å². The number of nitrogens with zero attached hydrogens (tertiary/aromatic N) is 3. The van der Waals surface area contributed by atoms with Gasteiger partial charge in [0.15, 0.2) is 0 Å². The molecule has 2 aliphatic heterocycles. The third-order valence-electron chi connectivity index (χ3n) is 4.61. The number of hydrogen-bond donors (Lipinski definition) is 1. The van der Waals surface area contributed by atoms with Crippen LogP contribution in [0.1, 0.15) is 11.7 Å². The fraction of sp³-hybridized carbons (Fsp3) is 0.588. The Morgan fingerprint density at radius 2 is 1.70 bits per heavy atom. The van der Waals surface area contributed by atoms with Gasteiger partial charge in [0, 0.05) is 45.8 Å². The number of aliphatic hydroxyl groups excluding tert-OH is 1. The van der Waals surface area contributed by atoms with Crippen molar-refractivity contribution in [2.24, 2.45) is 0 Å². The van der Waals surface area contributed by atoms with Gasteiger partial charge < -0.3 is 14.7 Å². The van der Waals surface area contributed by atoms with E-state index in [1.54, 1.807) is 4.90 Å². The summed E-state index contributed by atoms with van der Waals surface area (Å²) < 4.78 is 4.94. The SMILES string of the molecule is O=C1OCCN1CCN1CCN(C[C@@H](O)c2ccccc2)CC1. The van der Waals surface area contributed by atoms with Crippen molar-refractivity contribution in [3.8, 4) is 0 Å². The van der Waals surface area contributed by atoms with E-state index in [-0.39, 0.29) is 6.09 Å². The summed E-state index contributed by atoms with van der Waals surface area (Å²) in [5, 5.41) is 10.3. The first-order chi connectivity index (χ1) is 11.2. The molecule has 6 nitrogen and oxygen atoms in total. The van der Waals surface area contributed by atoms with Crippen LogP contribution in [0, 0.1) is 0 Å². The maximum Gasteiger partial charge on any atom is 0.409 e. The third-order valence-corrected chi connectivity index (χ3v) is 4.61. The zero-order chi connectivity index (χ0) is 16.1. The number of piperazine rings is 1. The van der Waals surface area contributed by atoms with Crippen molar-refractivity contribution in [2.75, 3.05) is 59.0 Å². The number of rotatable bonds is 6. The van der Waals surface area contributed by atoms with Gasteiger partial charge in [-0.15, -0.1) is 0 Å². The maximum absolute atomic E-state index is 11.4. The van der Waals surface area contributed by atoms with Crippen molar-refractivity contribution in [1.82, 2.24) is 14.7 Å². The zero-order valence-corrected chi connectivity index (χ0v) is 13.4. The number of amides is 1. The Kier molecular flexibility index (Phi) is 5.48. The number of cyclic esters (lactones) is 1. The summed E-state index contributed by atoms with van der Waals surface area (Å²) in [6, 6.07) is 9.82. The van der Waals surface area contributed by atoms with E-state index in [1.807, 2.05) is 30.3 Å². The Labute approximate surface area is 137 Å². The summed E-state index contributed by atoms with van der Waals surface area (Å²) in [5.74, 6) is 0. The maximum atomic E-state index is 11.4. The molecule has 6 heteroatoms. The Bertz CT molecular complexity index is 503. The van der Waals surface area contributed by atoms with E-state index in [0.29, 0.717) is 19.7 Å². The molecule has 3 rings (SSSR count). The first kappa shape index (κ1) is 16.2. The molecule has 2 fully saturated rings. The predicted octanol–water partition coefficient (Wildman–Crippen LogP) is 0.790. The number of β-amino-alcohol motifs (C(OH)–C–C–N with tert-alkyl or cyclic N) is 1. The third kappa shape index (κ3) is 4.43. The average Bonchev–Trinajstić information content (AvgIpc) is 3.00. The van der Waals surface area contributed by atoms with Crippen LogP contribution in [-0.4, -0.2) is 84.9 Å². The summed E-state index contributed by atoms with van der Waals surface area (Å²) in [6.45, 7) is 7.40. The van der Waals surface area contributed by atoms with Crippen LogP contribution in [0.5, 0.6) is 0 Å². The zero-order valence-electron chi connectivity index (χ0n) is 13.4. The molecule has 2 aliphatic rings. The number of ether oxygens (including phenoxy) is 1. The summed E-state index contributed by atoms with van der Waals surface area (Å²) >= 11 is 0. The molecular formula is C17H25N3O3. The molecule has 0 spiro atoms. The Balaban J connectivity index is 1.37. The second-order valence-corrected chi connectivity index (χ2v) is 6.17. The molecule has 0 saturated carbocycles. The molecule has 2 heterocycles. The van der Waals surface area contributed by atoms with Gasteiger partial charge in [-0.25, -0.2) is 4.79 Å². The van der Waals surface area contributed by atoms with Crippen LogP contribution in [0.25, 0.3) is 0 Å². The molecule has 1 aromatic carbocycles. The van der Waals surface area contributed by atoms with Crippen molar-refractivity contribution in [1.29, 1.82) is 0 Å². The van der Waals surface area contributed by atoms with Crippen LogP contribution in [0.2, 0.25) is 0 Å². The van der Waals surface area contributed by atoms with E-state index in [9.17, 15) is 9.90 Å². The number of aliphatic hydroxyl groups is 1. The lowest BCUT2D eigenvalue weighted by Crippen LogP contribution is -2.49. The number of carbonyl (C=O) groups excluding carboxylic acids is 1. The highest BCUT2D eigenvalue weighted by Gasteiger charge is 2.24. The molecule has 0 unspecified atom stereocenters. The van der Waals surface area contributed by atoms with Gasteiger partial charge in [0.2, 0.25) is 0 Å². The molecule has 0 aliphatic carbocycles. The van der Waals surface area contributed by atoms with Gasteiger partial charge in [-0.2, -0.15) is 0 Å². The molecule has 0 radical (unpaired) electrons. The molecule has 126 valence electrons. The molecule has 0 bridgehead atoms. The van der Waals surface area contributed by atoms with Gasteiger partial charge in [-0.1, -0.05) is 30.3 Å². The summed E-state index contributed by atoms with van der Waals surface area (Å²) in [5.41, 5.74) is 0.975. The van der Waals surface area contributed by atoms with Crippen molar-refractivity contribution in [3.05, 3.63) is 35.9 Å². The highest BCUT2D eigenvalue weighted by atomic mass is 16.6. The van der Waals surface area contributed by atoms with Crippen LogP contribution in [0.3, 0.4) is 0 Å². The molecule has 0 aromatic heterocycles. The van der Waals surface area contributed by atoms with E-state index < -0.39 is 6.10 Å². The molecule has 1 N–H and O–H groups in total. The van der Waals surface area contributed by atoms with Crippen molar-refractivity contribution >= 4 is 6.09 Å². The number of hydrogen-bond acceptors (Lipinski definition) is 5. The summed E-state index contributed by atoms with van der Waals surface area (Å²) in [4.78, 5) is 17.8. The van der Waals surface area contributed by atoms with Crippen molar-refractivity contribution in [2.45, 2.75) is 6.10 Å². The van der Waals surface area contributed by atoms with Gasteiger partial charge in [0.1, 0.15) is 6.61 Å². The van der Waals surface area contributed by atoms with Crippen LogP contribution >= 0.6 is 0 Å². The van der Waals surface area contributed by atoms with E-state index in [0.717, 1.165) is 44.8 Å². The number of carbonyl (C=O) groups is 1. The quantitative estimate of drug-likeness (QED) is 0.840. The van der Waals surface area contributed by atoms with E-state index >= 15 is 0 Å². The molecule has 2 saturated heterocycles. The standard InChI is InChI=1S/C17H25N3O3/c21-16(15-4-2-1-3-5-15)14-19-8-6-18(7-9-19)10-11-20-12-13-23-17(20)22/h1-5,16,21H,6-14H2/t16-/m1/s1. The minimum Gasteiger partial charge on any atom is -0.448 e. The first-order valence-corrected chi connectivity index (χ1v) is 8.32. The van der Waals surface area contributed by atoms with Crippen LogP contribution in [0.4, 0.5) is 4.79 Å². The molecule has 1 amide bonds. The van der Waals surface area contributed by atoms with Crippen LogP contribution in [-0.2, 0) is 4.74 Å². The minimum absolute atomic E-state index is 0.186. The van der Waals surface area contributed by atoms with Gasteiger partial charge in [0.05, 0.1) is 12.6 Å². The smallest absolute Gasteiger partial charge is 0.409 e. The molecule has 1 atom stereocenters. The van der Waals surface area contributed by atoms with E-state index in [4.69, 9.17) is 4.74 Å². The highest BCUT2D eigenvalue weighted by Crippen LogP contribution is 2.15. The van der Waals surface area contributed by atoms with Gasteiger partial charge in [-0.05, 0) is 5.56 Å².